The Bertz CT molecular complexity index is 554. The molecule has 1 unspecified atom stereocenters. The van der Waals surface area contributed by atoms with Gasteiger partial charge in [-0.2, -0.15) is 5.10 Å². The van der Waals surface area contributed by atoms with E-state index in [1.54, 1.807) is 0 Å². The van der Waals surface area contributed by atoms with E-state index in [0.717, 1.165) is 42.6 Å². The van der Waals surface area contributed by atoms with Gasteiger partial charge in [-0.25, -0.2) is 0 Å². The number of likely N-dealkylation sites (tertiary alicyclic amines) is 1. The van der Waals surface area contributed by atoms with Crippen LogP contribution in [0, 0.1) is 0 Å². The standard InChI is InChI=1S/C13H16BrN3O/c14-11-2-1-10-8-15-17(13(10)7-11)6-5-16-4-3-12(18)9-16/h1-2,7-8,12,18H,3-6,9H2. The lowest BCUT2D eigenvalue weighted by Gasteiger charge is -2.14. The molecule has 0 saturated carbocycles. The van der Waals surface area contributed by atoms with Crippen molar-refractivity contribution in [3.63, 3.8) is 0 Å². The molecule has 1 saturated heterocycles. The third-order valence-corrected chi connectivity index (χ3v) is 3.98. The number of β-amino-alcohol motifs (C(OH)–C–C–N with tert-alkyl or cyclic N) is 1. The number of aliphatic hydroxyl groups is 1. The summed E-state index contributed by atoms with van der Waals surface area (Å²) in [6.07, 6.45) is 2.65. The van der Waals surface area contributed by atoms with Crippen LogP contribution in [0.4, 0.5) is 0 Å². The van der Waals surface area contributed by atoms with Crippen LogP contribution in [0.5, 0.6) is 0 Å². The van der Waals surface area contributed by atoms with Crippen molar-refractivity contribution in [2.45, 2.75) is 19.1 Å². The molecular weight excluding hydrogens is 294 g/mol. The van der Waals surface area contributed by atoms with Gasteiger partial charge in [-0.3, -0.25) is 9.58 Å². The second-order valence-corrected chi connectivity index (χ2v) is 5.73. The summed E-state index contributed by atoms with van der Waals surface area (Å²) in [4.78, 5) is 2.29. The zero-order chi connectivity index (χ0) is 12.5. The predicted octanol–water partition coefficient (Wildman–Crippen LogP) is 1.87. The highest BCUT2D eigenvalue weighted by Crippen LogP contribution is 2.19. The van der Waals surface area contributed by atoms with Crippen molar-refractivity contribution in [2.75, 3.05) is 19.6 Å². The predicted molar refractivity (Wildman–Crippen MR) is 74.5 cm³/mol. The quantitative estimate of drug-likeness (QED) is 0.941. The van der Waals surface area contributed by atoms with Gasteiger partial charge >= 0.3 is 0 Å². The molecule has 1 fully saturated rings. The number of halogens is 1. The maximum absolute atomic E-state index is 9.49. The van der Waals surface area contributed by atoms with E-state index in [9.17, 15) is 5.11 Å². The number of rotatable bonds is 3. The van der Waals surface area contributed by atoms with Gasteiger partial charge in [0.15, 0.2) is 0 Å². The fourth-order valence-corrected chi connectivity index (χ4v) is 2.82. The highest BCUT2D eigenvalue weighted by atomic mass is 79.9. The van der Waals surface area contributed by atoms with E-state index in [-0.39, 0.29) is 6.10 Å². The first-order chi connectivity index (χ1) is 8.72. The van der Waals surface area contributed by atoms with Crippen LogP contribution in [-0.4, -0.2) is 45.5 Å². The fraction of sp³-hybridized carbons (Fsp3) is 0.462. The summed E-state index contributed by atoms with van der Waals surface area (Å²) in [5.74, 6) is 0. The molecule has 96 valence electrons. The first kappa shape index (κ1) is 12.1. The summed E-state index contributed by atoms with van der Waals surface area (Å²) >= 11 is 3.49. The number of hydrogen-bond donors (Lipinski definition) is 1. The Hall–Kier alpha value is -0.910. The van der Waals surface area contributed by atoms with Gasteiger partial charge in [0.05, 0.1) is 24.4 Å². The minimum Gasteiger partial charge on any atom is -0.392 e. The summed E-state index contributed by atoms with van der Waals surface area (Å²) < 4.78 is 3.11. The van der Waals surface area contributed by atoms with Crippen molar-refractivity contribution in [1.82, 2.24) is 14.7 Å². The van der Waals surface area contributed by atoms with Gasteiger partial charge in [-0.15, -0.1) is 0 Å². The maximum Gasteiger partial charge on any atom is 0.0694 e. The monoisotopic (exact) mass is 309 g/mol. The highest BCUT2D eigenvalue weighted by Gasteiger charge is 2.19. The van der Waals surface area contributed by atoms with E-state index in [1.807, 2.05) is 16.9 Å². The Morgan fingerprint density at radius 1 is 1.39 bits per heavy atom. The van der Waals surface area contributed by atoms with Gasteiger partial charge in [0.25, 0.3) is 0 Å². The van der Waals surface area contributed by atoms with Gasteiger partial charge in [-0.1, -0.05) is 22.0 Å². The van der Waals surface area contributed by atoms with Crippen molar-refractivity contribution in [3.05, 3.63) is 28.9 Å². The summed E-state index contributed by atoms with van der Waals surface area (Å²) in [6.45, 7) is 3.60. The number of aliphatic hydroxyl groups excluding tert-OH is 1. The third kappa shape index (κ3) is 2.43. The molecule has 2 heterocycles. The second-order valence-electron chi connectivity index (χ2n) is 4.81. The zero-order valence-electron chi connectivity index (χ0n) is 10.1. The molecule has 0 amide bonds. The van der Waals surface area contributed by atoms with Gasteiger partial charge in [0.1, 0.15) is 0 Å². The topological polar surface area (TPSA) is 41.3 Å². The van der Waals surface area contributed by atoms with E-state index in [1.165, 1.54) is 5.39 Å². The first-order valence-electron chi connectivity index (χ1n) is 6.24. The van der Waals surface area contributed by atoms with Crippen LogP contribution < -0.4 is 0 Å². The minimum atomic E-state index is -0.145. The van der Waals surface area contributed by atoms with Crippen LogP contribution in [0.3, 0.4) is 0 Å². The summed E-state index contributed by atoms with van der Waals surface area (Å²) in [7, 11) is 0. The molecule has 3 rings (SSSR count). The average Bonchev–Trinajstić information content (AvgIpc) is 2.93. The number of aromatic nitrogens is 2. The van der Waals surface area contributed by atoms with Crippen LogP contribution in [0.15, 0.2) is 28.9 Å². The van der Waals surface area contributed by atoms with Crippen molar-refractivity contribution in [1.29, 1.82) is 0 Å². The third-order valence-electron chi connectivity index (χ3n) is 3.48. The molecule has 4 nitrogen and oxygen atoms in total. The summed E-state index contributed by atoms with van der Waals surface area (Å²) in [6, 6.07) is 6.20. The van der Waals surface area contributed by atoms with E-state index in [0.29, 0.717) is 0 Å². The maximum atomic E-state index is 9.49. The molecular formula is C13H16BrN3O. The molecule has 1 aliphatic rings. The lowest BCUT2D eigenvalue weighted by molar-refractivity contribution is 0.175. The van der Waals surface area contributed by atoms with Crippen LogP contribution in [0.25, 0.3) is 10.9 Å². The molecule has 0 spiro atoms. The lowest BCUT2D eigenvalue weighted by atomic mass is 10.2. The SMILES string of the molecule is OC1CCN(CCn2ncc3ccc(Br)cc32)C1. The Morgan fingerprint density at radius 2 is 2.28 bits per heavy atom. The molecule has 0 aliphatic carbocycles. The van der Waals surface area contributed by atoms with Gasteiger partial charge in [0.2, 0.25) is 0 Å². The van der Waals surface area contributed by atoms with Gasteiger partial charge in [0, 0.05) is 29.5 Å². The molecule has 1 atom stereocenters. The highest BCUT2D eigenvalue weighted by molar-refractivity contribution is 9.10. The summed E-state index contributed by atoms with van der Waals surface area (Å²) in [5.41, 5.74) is 1.16. The van der Waals surface area contributed by atoms with E-state index < -0.39 is 0 Å². The number of hydrogen-bond acceptors (Lipinski definition) is 3. The Labute approximate surface area is 114 Å². The van der Waals surface area contributed by atoms with Crippen molar-refractivity contribution < 1.29 is 5.11 Å². The second kappa shape index (κ2) is 4.99. The van der Waals surface area contributed by atoms with Gasteiger partial charge < -0.3 is 5.11 Å². The normalized spacial score (nSPS) is 20.9. The molecule has 18 heavy (non-hydrogen) atoms. The number of benzene rings is 1. The Kier molecular flexibility index (Phi) is 3.37. The minimum absolute atomic E-state index is 0.145. The molecule has 1 aromatic heterocycles. The van der Waals surface area contributed by atoms with Crippen molar-refractivity contribution >= 4 is 26.8 Å². The summed E-state index contributed by atoms with van der Waals surface area (Å²) in [5, 5.41) is 15.1. The molecule has 0 bridgehead atoms. The molecule has 5 heteroatoms. The number of nitrogens with zero attached hydrogens (tertiary/aromatic N) is 3. The fourth-order valence-electron chi connectivity index (χ4n) is 2.47. The Balaban J connectivity index is 1.72. The molecule has 1 aromatic carbocycles. The van der Waals surface area contributed by atoms with E-state index in [2.05, 4.69) is 38.1 Å². The van der Waals surface area contributed by atoms with Crippen LogP contribution >= 0.6 is 15.9 Å². The largest absolute Gasteiger partial charge is 0.392 e. The molecule has 0 radical (unpaired) electrons. The van der Waals surface area contributed by atoms with Crippen LogP contribution in [-0.2, 0) is 6.54 Å². The molecule has 1 aliphatic heterocycles. The Morgan fingerprint density at radius 3 is 3.06 bits per heavy atom. The van der Waals surface area contributed by atoms with Crippen LogP contribution in [0.1, 0.15) is 6.42 Å². The number of fused-ring (bicyclic) bond motifs is 1. The van der Waals surface area contributed by atoms with Crippen molar-refractivity contribution in [2.24, 2.45) is 0 Å². The van der Waals surface area contributed by atoms with Crippen molar-refractivity contribution in [3.8, 4) is 0 Å². The molecule has 1 N–H and O–H groups in total. The average molecular weight is 310 g/mol. The van der Waals surface area contributed by atoms with Crippen LogP contribution in [0.2, 0.25) is 0 Å². The van der Waals surface area contributed by atoms with Gasteiger partial charge in [-0.05, 0) is 18.6 Å². The van der Waals surface area contributed by atoms with E-state index >= 15 is 0 Å². The smallest absolute Gasteiger partial charge is 0.0694 e. The molecule has 2 aromatic rings. The first-order valence-corrected chi connectivity index (χ1v) is 7.03. The lowest BCUT2D eigenvalue weighted by Crippen LogP contribution is -2.26. The van der Waals surface area contributed by atoms with E-state index in [4.69, 9.17) is 0 Å². The zero-order valence-corrected chi connectivity index (χ0v) is 11.7.